The number of rotatable bonds is 3. The molecular formula is C14H15KO3S. The molecule has 0 radical (unpaired) electrons. The largest absolute Gasteiger partial charge is 1.00 e. The molecule has 19 heavy (non-hydrogen) atoms. The molecule has 2 aromatic rings. The average Bonchev–Trinajstić information content (AvgIpc) is 2.35. The Bertz CT molecular complexity index is 693. The molecule has 0 amide bonds. The van der Waals surface area contributed by atoms with E-state index in [-0.39, 0.29) is 56.3 Å². The van der Waals surface area contributed by atoms with Crippen LogP contribution in [0.5, 0.6) is 0 Å². The molecule has 0 bridgehead atoms. The predicted octanol–water partition coefficient (Wildman–Crippen LogP) is -0.127. The number of aryl methyl sites for hydroxylation is 2. The van der Waals surface area contributed by atoms with Gasteiger partial charge in [0.1, 0.15) is 10.1 Å². The molecule has 5 heteroatoms. The van der Waals surface area contributed by atoms with E-state index in [9.17, 15) is 13.0 Å². The summed E-state index contributed by atoms with van der Waals surface area (Å²) in [5, 5.41) is 1.90. The Balaban J connectivity index is 0.00000180. The van der Waals surface area contributed by atoms with Crippen LogP contribution in [0.4, 0.5) is 0 Å². The molecule has 2 rings (SSSR count). The topological polar surface area (TPSA) is 57.2 Å². The van der Waals surface area contributed by atoms with Crippen molar-refractivity contribution in [2.24, 2.45) is 0 Å². The molecule has 0 aromatic heterocycles. The van der Waals surface area contributed by atoms with E-state index in [0.717, 1.165) is 22.8 Å². The quantitative estimate of drug-likeness (QED) is 0.586. The van der Waals surface area contributed by atoms with E-state index in [1.165, 1.54) is 6.07 Å². The summed E-state index contributed by atoms with van der Waals surface area (Å²) in [5.41, 5.74) is 1.79. The first-order valence-electron chi connectivity index (χ1n) is 5.98. The third kappa shape index (κ3) is 3.47. The Morgan fingerprint density at radius 3 is 2.21 bits per heavy atom. The van der Waals surface area contributed by atoms with Crippen LogP contribution in [-0.2, 0) is 23.0 Å². The summed E-state index contributed by atoms with van der Waals surface area (Å²) < 4.78 is 33.8. The first-order chi connectivity index (χ1) is 8.49. The van der Waals surface area contributed by atoms with Gasteiger partial charge in [0.25, 0.3) is 0 Å². The maximum Gasteiger partial charge on any atom is 1.00 e. The zero-order valence-electron chi connectivity index (χ0n) is 11.4. The van der Waals surface area contributed by atoms with E-state index in [1.807, 2.05) is 25.1 Å². The SMILES string of the molecule is CCc1cccc2c(CC)c(S(=O)(=O)[O-])ccc12.[K+]. The second kappa shape index (κ2) is 6.80. The Labute approximate surface area is 156 Å². The van der Waals surface area contributed by atoms with Crippen LogP contribution >= 0.6 is 0 Å². The molecule has 2 aromatic carbocycles. The van der Waals surface area contributed by atoms with Crippen LogP contribution in [0.25, 0.3) is 10.8 Å². The minimum absolute atomic E-state index is 0. The summed E-state index contributed by atoms with van der Waals surface area (Å²) in [6, 6.07) is 8.97. The maximum atomic E-state index is 11.3. The summed E-state index contributed by atoms with van der Waals surface area (Å²) in [5.74, 6) is 0. The van der Waals surface area contributed by atoms with Gasteiger partial charge >= 0.3 is 51.4 Å². The zero-order chi connectivity index (χ0) is 13.3. The van der Waals surface area contributed by atoms with Crippen molar-refractivity contribution < 1.29 is 64.4 Å². The van der Waals surface area contributed by atoms with Crippen LogP contribution < -0.4 is 51.4 Å². The fourth-order valence-corrected chi connectivity index (χ4v) is 3.16. The standard InChI is InChI=1S/C14H16O3S.K/c1-3-10-6-5-7-13-11(4-2)14(18(15,16)17)9-8-12(10)13;/h5-9H,3-4H2,1-2H3,(H,15,16,17);/q;+1/p-1. The van der Waals surface area contributed by atoms with Crippen LogP contribution in [0.2, 0.25) is 0 Å². The fourth-order valence-electron chi connectivity index (χ4n) is 2.37. The van der Waals surface area contributed by atoms with Gasteiger partial charge in [-0.3, -0.25) is 0 Å². The van der Waals surface area contributed by atoms with Gasteiger partial charge in [-0.1, -0.05) is 38.1 Å². The summed E-state index contributed by atoms with van der Waals surface area (Å²) in [4.78, 5) is -0.0919. The van der Waals surface area contributed by atoms with Gasteiger partial charge in [0.2, 0.25) is 0 Å². The van der Waals surface area contributed by atoms with Gasteiger partial charge < -0.3 is 4.55 Å². The van der Waals surface area contributed by atoms with Gasteiger partial charge in [-0.05, 0) is 40.8 Å². The van der Waals surface area contributed by atoms with Gasteiger partial charge in [-0.2, -0.15) is 0 Å². The molecule has 96 valence electrons. The van der Waals surface area contributed by atoms with E-state index >= 15 is 0 Å². The maximum absolute atomic E-state index is 11.3. The predicted molar refractivity (Wildman–Crippen MR) is 70.7 cm³/mol. The Hall–Kier alpha value is 0.246. The van der Waals surface area contributed by atoms with Crippen molar-refractivity contribution in [3.8, 4) is 0 Å². The molecule has 3 nitrogen and oxygen atoms in total. The molecule has 0 saturated heterocycles. The smallest absolute Gasteiger partial charge is 0.744 e. The van der Waals surface area contributed by atoms with Crippen molar-refractivity contribution in [1.29, 1.82) is 0 Å². The minimum Gasteiger partial charge on any atom is -0.744 e. The minimum atomic E-state index is -4.41. The van der Waals surface area contributed by atoms with E-state index in [1.54, 1.807) is 6.07 Å². The third-order valence-electron chi connectivity index (χ3n) is 3.22. The summed E-state index contributed by atoms with van der Waals surface area (Å²) in [6.07, 6.45) is 1.41. The van der Waals surface area contributed by atoms with Crippen LogP contribution in [-0.4, -0.2) is 13.0 Å². The van der Waals surface area contributed by atoms with Crippen LogP contribution in [0.3, 0.4) is 0 Å². The normalized spacial score (nSPS) is 11.3. The summed E-state index contributed by atoms with van der Waals surface area (Å²) in [6.45, 7) is 3.92. The van der Waals surface area contributed by atoms with Crippen LogP contribution in [0, 0.1) is 0 Å². The average molecular weight is 302 g/mol. The van der Waals surface area contributed by atoms with Crippen molar-refractivity contribution >= 4 is 20.9 Å². The molecule has 0 aliphatic heterocycles. The third-order valence-corrected chi connectivity index (χ3v) is 4.15. The van der Waals surface area contributed by atoms with Crippen molar-refractivity contribution in [2.45, 2.75) is 31.6 Å². The second-order valence-corrected chi connectivity index (χ2v) is 5.56. The van der Waals surface area contributed by atoms with Gasteiger partial charge in [-0.15, -0.1) is 0 Å². The monoisotopic (exact) mass is 302 g/mol. The molecule has 0 heterocycles. The summed E-state index contributed by atoms with van der Waals surface area (Å²) >= 11 is 0. The van der Waals surface area contributed by atoms with E-state index < -0.39 is 10.1 Å². The molecular weight excluding hydrogens is 287 g/mol. The van der Waals surface area contributed by atoms with Gasteiger partial charge in [0.15, 0.2) is 0 Å². The van der Waals surface area contributed by atoms with E-state index in [4.69, 9.17) is 0 Å². The van der Waals surface area contributed by atoms with Gasteiger partial charge in [0, 0.05) is 0 Å². The van der Waals surface area contributed by atoms with Crippen LogP contribution in [0.1, 0.15) is 25.0 Å². The van der Waals surface area contributed by atoms with Crippen molar-refractivity contribution in [3.05, 3.63) is 41.5 Å². The van der Waals surface area contributed by atoms with Gasteiger partial charge in [0.05, 0.1) is 4.90 Å². The molecule has 0 atom stereocenters. The number of fused-ring (bicyclic) bond motifs is 1. The molecule has 0 aliphatic carbocycles. The molecule has 0 saturated carbocycles. The molecule has 0 N–H and O–H groups in total. The number of benzene rings is 2. The van der Waals surface area contributed by atoms with Crippen molar-refractivity contribution in [1.82, 2.24) is 0 Å². The van der Waals surface area contributed by atoms with Crippen molar-refractivity contribution in [3.63, 3.8) is 0 Å². The molecule has 0 fully saturated rings. The zero-order valence-corrected chi connectivity index (χ0v) is 15.4. The fraction of sp³-hybridized carbons (Fsp3) is 0.286. The molecule has 0 spiro atoms. The summed E-state index contributed by atoms with van der Waals surface area (Å²) in [7, 11) is -4.41. The van der Waals surface area contributed by atoms with Crippen molar-refractivity contribution in [2.75, 3.05) is 0 Å². The second-order valence-electron chi connectivity index (χ2n) is 4.22. The number of hydrogen-bond donors (Lipinski definition) is 0. The first kappa shape index (κ1) is 17.3. The molecule has 0 aliphatic rings. The van der Waals surface area contributed by atoms with Crippen LogP contribution in [0.15, 0.2) is 35.2 Å². The Kier molecular flexibility index (Phi) is 6.19. The Morgan fingerprint density at radius 2 is 1.68 bits per heavy atom. The van der Waals surface area contributed by atoms with E-state index in [0.29, 0.717) is 12.0 Å². The van der Waals surface area contributed by atoms with Gasteiger partial charge in [-0.25, -0.2) is 8.42 Å². The molecule has 0 unspecified atom stereocenters. The number of hydrogen-bond acceptors (Lipinski definition) is 3. The Morgan fingerprint density at radius 1 is 1.00 bits per heavy atom. The van der Waals surface area contributed by atoms with E-state index in [2.05, 4.69) is 6.92 Å². The first-order valence-corrected chi connectivity index (χ1v) is 7.39.